The summed E-state index contributed by atoms with van der Waals surface area (Å²) in [6.45, 7) is 3.17. The second-order valence-corrected chi connectivity index (χ2v) is 9.01. The van der Waals surface area contributed by atoms with Gasteiger partial charge in [-0.05, 0) is 48.9 Å². The van der Waals surface area contributed by atoms with Crippen LogP contribution in [0.4, 0.5) is 16.4 Å². The fourth-order valence-electron chi connectivity index (χ4n) is 4.35. The van der Waals surface area contributed by atoms with E-state index in [4.69, 9.17) is 9.72 Å². The summed E-state index contributed by atoms with van der Waals surface area (Å²) < 4.78 is 6.83. The number of ether oxygens (including phenoxy) is 1. The van der Waals surface area contributed by atoms with Crippen LogP contribution in [0, 0.1) is 6.92 Å². The van der Waals surface area contributed by atoms with Crippen LogP contribution in [0.2, 0.25) is 0 Å². The Morgan fingerprint density at radius 2 is 1.73 bits per heavy atom. The summed E-state index contributed by atoms with van der Waals surface area (Å²) in [5, 5.41) is 6.28. The van der Waals surface area contributed by atoms with E-state index < -0.39 is 0 Å². The Hall–Kier alpha value is -4.59. The Morgan fingerprint density at radius 1 is 1.00 bits per heavy atom. The number of amides is 2. The molecule has 188 valence electrons. The van der Waals surface area contributed by atoms with E-state index in [0.717, 1.165) is 22.6 Å². The van der Waals surface area contributed by atoms with Crippen molar-refractivity contribution in [3.63, 3.8) is 0 Å². The molecule has 0 saturated heterocycles. The zero-order chi connectivity index (χ0) is 25.8. The monoisotopic (exact) mass is 495 g/mol. The third-order valence-corrected chi connectivity index (χ3v) is 6.44. The number of aromatic nitrogens is 2. The minimum Gasteiger partial charge on any atom is -0.497 e. The van der Waals surface area contributed by atoms with E-state index in [-0.39, 0.29) is 18.1 Å². The molecular weight excluding hydrogens is 466 g/mol. The van der Waals surface area contributed by atoms with Gasteiger partial charge in [-0.3, -0.25) is 4.79 Å². The molecule has 0 bridgehead atoms. The average Bonchev–Trinajstić information content (AvgIpc) is 2.93. The minimum absolute atomic E-state index is 0.179. The third kappa shape index (κ3) is 5.33. The number of rotatable bonds is 6. The van der Waals surface area contributed by atoms with E-state index in [2.05, 4.69) is 10.6 Å². The molecular formula is C29H29N5O3. The molecule has 8 heteroatoms. The number of carbonyl (C=O) groups is 1. The lowest BCUT2D eigenvalue weighted by atomic mass is 10.1. The van der Waals surface area contributed by atoms with Gasteiger partial charge in [0, 0.05) is 25.2 Å². The molecule has 0 spiro atoms. The summed E-state index contributed by atoms with van der Waals surface area (Å²) >= 11 is 0. The first-order valence-corrected chi connectivity index (χ1v) is 12.2. The smallest absolute Gasteiger partial charge is 0.322 e. The lowest BCUT2D eigenvalue weighted by Crippen LogP contribution is -2.43. The zero-order valence-corrected chi connectivity index (χ0v) is 20.9. The van der Waals surface area contributed by atoms with Crippen LogP contribution in [0.25, 0.3) is 5.69 Å². The van der Waals surface area contributed by atoms with Crippen molar-refractivity contribution in [3.8, 4) is 11.4 Å². The van der Waals surface area contributed by atoms with Crippen molar-refractivity contribution in [2.24, 2.45) is 0 Å². The minimum atomic E-state index is -0.234. The first-order valence-electron chi connectivity index (χ1n) is 12.2. The van der Waals surface area contributed by atoms with E-state index in [1.54, 1.807) is 16.6 Å². The van der Waals surface area contributed by atoms with Gasteiger partial charge in [0.25, 0.3) is 5.56 Å². The first kappa shape index (κ1) is 24.1. The van der Waals surface area contributed by atoms with Crippen LogP contribution < -0.4 is 20.9 Å². The lowest BCUT2D eigenvalue weighted by molar-refractivity contribution is 0.205. The fourth-order valence-corrected chi connectivity index (χ4v) is 4.35. The molecule has 0 unspecified atom stereocenters. The second-order valence-electron chi connectivity index (χ2n) is 9.01. The van der Waals surface area contributed by atoms with E-state index >= 15 is 0 Å². The lowest BCUT2D eigenvalue weighted by Gasteiger charge is -2.29. The first-order chi connectivity index (χ1) is 18.0. The van der Waals surface area contributed by atoms with E-state index in [1.165, 1.54) is 0 Å². The van der Waals surface area contributed by atoms with Crippen LogP contribution in [0.15, 0.2) is 83.7 Å². The highest BCUT2D eigenvalue weighted by molar-refractivity contribution is 5.89. The number of urea groups is 1. The normalized spacial score (nSPS) is 12.5. The molecule has 0 atom stereocenters. The van der Waals surface area contributed by atoms with Gasteiger partial charge in [0.2, 0.25) is 5.95 Å². The highest BCUT2D eigenvalue weighted by Crippen LogP contribution is 2.21. The molecule has 5 rings (SSSR count). The number of hydrogen-bond acceptors (Lipinski definition) is 5. The summed E-state index contributed by atoms with van der Waals surface area (Å²) in [4.78, 5) is 33.3. The number of nitrogens with one attached hydrogen (secondary N) is 2. The van der Waals surface area contributed by atoms with Gasteiger partial charge in [-0.25, -0.2) is 14.3 Å². The van der Waals surface area contributed by atoms with Gasteiger partial charge in [0.05, 0.1) is 30.6 Å². The maximum absolute atomic E-state index is 13.8. The molecule has 0 radical (unpaired) electrons. The summed E-state index contributed by atoms with van der Waals surface area (Å²) in [5.74, 6) is 1.26. The van der Waals surface area contributed by atoms with Gasteiger partial charge >= 0.3 is 6.03 Å². The summed E-state index contributed by atoms with van der Waals surface area (Å²) in [6, 6.07) is 24.6. The maximum atomic E-state index is 13.8. The average molecular weight is 496 g/mol. The maximum Gasteiger partial charge on any atom is 0.322 e. The predicted molar refractivity (Wildman–Crippen MR) is 144 cm³/mol. The van der Waals surface area contributed by atoms with Gasteiger partial charge in [0.15, 0.2) is 0 Å². The molecule has 0 aliphatic carbocycles. The highest BCUT2D eigenvalue weighted by atomic mass is 16.5. The van der Waals surface area contributed by atoms with Gasteiger partial charge in [-0.1, -0.05) is 48.0 Å². The van der Waals surface area contributed by atoms with Crippen LogP contribution in [-0.2, 0) is 19.5 Å². The number of hydrogen-bond donors (Lipinski definition) is 2. The van der Waals surface area contributed by atoms with Crippen molar-refractivity contribution in [2.45, 2.75) is 26.4 Å². The molecule has 8 nitrogen and oxygen atoms in total. The number of nitrogens with zero attached hydrogens (tertiary/aromatic N) is 3. The second kappa shape index (κ2) is 10.6. The summed E-state index contributed by atoms with van der Waals surface area (Å²) in [5.41, 5.74) is 4.65. The van der Waals surface area contributed by atoms with E-state index in [0.29, 0.717) is 42.4 Å². The van der Waals surface area contributed by atoms with Crippen molar-refractivity contribution < 1.29 is 9.53 Å². The number of methoxy groups -OCH3 is 1. The quantitative estimate of drug-likeness (QED) is 0.403. The van der Waals surface area contributed by atoms with Crippen molar-refractivity contribution in [1.29, 1.82) is 0 Å². The largest absolute Gasteiger partial charge is 0.497 e. The topological polar surface area (TPSA) is 88.5 Å². The fraction of sp³-hybridized carbons (Fsp3) is 0.207. The standard InChI is InChI=1S/C29H29N5O3/c1-20-8-12-22(13-9-20)31-29(36)33-17-16-26-25(19-33)27(35)34(23-6-4-3-5-7-23)28(32-26)30-18-21-10-14-24(37-2)15-11-21/h3-15H,16-19H2,1-2H3,(H,30,32)(H,31,36). The molecule has 4 aromatic rings. The Bertz CT molecular complexity index is 1450. The van der Waals surface area contributed by atoms with E-state index in [1.807, 2.05) is 85.8 Å². The number of carbonyl (C=O) groups excluding carboxylic acids is 1. The van der Waals surface area contributed by atoms with Crippen LogP contribution in [0.1, 0.15) is 22.4 Å². The predicted octanol–water partition coefficient (Wildman–Crippen LogP) is 4.75. The van der Waals surface area contributed by atoms with Crippen molar-refractivity contribution in [1.82, 2.24) is 14.5 Å². The van der Waals surface area contributed by atoms with Crippen molar-refractivity contribution >= 4 is 17.7 Å². The molecule has 1 aliphatic rings. The highest BCUT2D eigenvalue weighted by Gasteiger charge is 2.27. The third-order valence-electron chi connectivity index (χ3n) is 6.44. The number of aryl methyl sites for hydroxylation is 1. The Balaban J connectivity index is 1.43. The molecule has 2 N–H and O–H groups in total. The molecule has 0 fully saturated rings. The molecule has 37 heavy (non-hydrogen) atoms. The van der Waals surface area contributed by atoms with Crippen LogP contribution >= 0.6 is 0 Å². The molecule has 3 aromatic carbocycles. The number of fused-ring (bicyclic) bond motifs is 1. The van der Waals surface area contributed by atoms with Gasteiger partial charge in [-0.15, -0.1) is 0 Å². The van der Waals surface area contributed by atoms with E-state index in [9.17, 15) is 9.59 Å². The number of benzene rings is 3. The van der Waals surface area contributed by atoms with Crippen LogP contribution in [-0.4, -0.2) is 34.1 Å². The number of anilines is 2. The molecule has 1 aliphatic heterocycles. The Morgan fingerprint density at radius 3 is 2.43 bits per heavy atom. The Labute approximate surface area is 215 Å². The summed E-state index contributed by atoms with van der Waals surface area (Å²) in [6.07, 6.45) is 0.499. The SMILES string of the molecule is COc1ccc(CNc2nc3c(c(=O)n2-c2ccccc2)CN(C(=O)Nc2ccc(C)cc2)CC3)cc1. The van der Waals surface area contributed by atoms with Crippen LogP contribution in [0.5, 0.6) is 5.75 Å². The Kier molecular flexibility index (Phi) is 6.89. The molecule has 0 saturated carbocycles. The molecule has 1 aromatic heterocycles. The van der Waals surface area contributed by atoms with Crippen molar-refractivity contribution in [3.05, 3.63) is 112 Å². The van der Waals surface area contributed by atoms with Crippen LogP contribution in [0.3, 0.4) is 0 Å². The number of para-hydroxylation sites is 1. The van der Waals surface area contributed by atoms with Gasteiger partial charge in [-0.2, -0.15) is 0 Å². The molecule has 2 heterocycles. The van der Waals surface area contributed by atoms with Gasteiger partial charge < -0.3 is 20.3 Å². The van der Waals surface area contributed by atoms with Gasteiger partial charge in [0.1, 0.15) is 5.75 Å². The molecule has 2 amide bonds. The zero-order valence-electron chi connectivity index (χ0n) is 20.9. The summed E-state index contributed by atoms with van der Waals surface area (Å²) in [7, 11) is 1.64. The van der Waals surface area contributed by atoms with Crippen molar-refractivity contribution in [2.75, 3.05) is 24.3 Å².